The predicted molar refractivity (Wildman–Crippen MR) is 186 cm³/mol. The second-order valence-corrected chi connectivity index (χ2v) is 14.7. The first kappa shape index (κ1) is 31.0. The fraction of sp³-hybridized carbons (Fsp3) is 0.300. The number of para-hydroxylation sites is 1. The van der Waals surface area contributed by atoms with Crippen LogP contribution in [0.4, 0.5) is 11.5 Å². The number of hydrogen-bond acceptors (Lipinski definition) is 4. The van der Waals surface area contributed by atoms with E-state index in [0.29, 0.717) is 5.56 Å². The third kappa shape index (κ3) is 6.70. The predicted octanol–water partition coefficient (Wildman–Crippen LogP) is 10.7. The summed E-state index contributed by atoms with van der Waals surface area (Å²) in [5.74, 6) is 1.10. The first-order chi connectivity index (χ1) is 20.6. The third-order valence-corrected chi connectivity index (χ3v) is 7.95. The summed E-state index contributed by atoms with van der Waals surface area (Å²) < 4.78 is 0. The van der Waals surface area contributed by atoms with E-state index in [0.717, 1.165) is 39.6 Å². The highest BCUT2D eigenvalue weighted by atomic mass is 16.3. The summed E-state index contributed by atoms with van der Waals surface area (Å²) in [6, 6.07) is 33.2. The number of phenolic OH excluding ortho intramolecular Hbond substituents is 1. The summed E-state index contributed by atoms with van der Waals surface area (Å²) in [5.41, 5.74) is 8.87. The van der Waals surface area contributed by atoms with Gasteiger partial charge in [0.2, 0.25) is 0 Å². The standard InChI is InChI=1S/C40H45N3O/c1-38(2,3)30-21-28(22-31(26-30)39(4,5)6)29-24-34(42-35(25-29)33-17-10-11-18-36(33)44)27-15-14-16-32(23-27)43(40(7,8)9)37-19-12-13-20-41-37/h10-26,44H,1-9H3. The molecule has 44 heavy (non-hydrogen) atoms. The van der Waals surface area contributed by atoms with E-state index in [1.807, 2.05) is 42.6 Å². The van der Waals surface area contributed by atoms with Gasteiger partial charge in [0.25, 0.3) is 0 Å². The molecule has 0 aliphatic heterocycles. The Morgan fingerprint density at radius 3 is 1.77 bits per heavy atom. The van der Waals surface area contributed by atoms with Crippen molar-refractivity contribution in [1.82, 2.24) is 9.97 Å². The molecule has 5 aromatic rings. The Labute approximate surface area is 263 Å². The molecule has 1 N–H and O–H groups in total. The van der Waals surface area contributed by atoms with Crippen molar-refractivity contribution in [3.8, 4) is 39.4 Å². The van der Waals surface area contributed by atoms with E-state index in [1.165, 1.54) is 11.1 Å². The third-order valence-electron chi connectivity index (χ3n) is 7.95. The highest BCUT2D eigenvalue weighted by molar-refractivity contribution is 5.80. The first-order valence-corrected chi connectivity index (χ1v) is 15.4. The molecule has 2 aromatic heterocycles. The fourth-order valence-electron chi connectivity index (χ4n) is 5.49. The molecule has 3 aromatic carbocycles. The highest BCUT2D eigenvalue weighted by Crippen LogP contribution is 2.39. The summed E-state index contributed by atoms with van der Waals surface area (Å²) >= 11 is 0. The Morgan fingerprint density at radius 2 is 1.18 bits per heavy atom. The minimum absolute atomic E-state index is 0.0113. The van der Waals surface area contributed by atoms with Gasteiger partial charge in [-0.05, 0) is 102 Å². The van der Waals surface area contributed by atoms with E-state index < -0.39 is 0 Å². The molecule has 0 fully saturated rings. The smallest absolute Gasteiger partial charge is 0.133 e. The molecule has 226 valence electrons. The van der Waals surface area contributed by atoms with Gasteiger partial charge in [0.05, 0.1) is 11.4 Å². The Kier molecular flexibility index (Phi) is 8.15. The van der Waals surface area contributed by atoms with Crippen LogP contribution < -0.4 is 4.90 Å². The number of hydrogen-bond donors (Lipinski definition) is 1. The number of pyridine rings is 2. The summed E-state index contributed by atoms with van der Waals surface area (Å²) in [7, 11) is 0. The number of benzene rings is 3. The second-order valence-electron chi connectivity index (χ2n) is 14.7. The van der Waals surface area contributed by atoms with Crippen molar-refractivity contribution in [2.24, 2.45) is 0 Å². The lowest BCUT2D eigenvalue weighted by Gasteiger charge is -2.37. The van der Waals surface area contributed by atoms with Crippen LogP contribution in [0.25, 0.3) is 33.6 Å². The van der Waals surface area contributed by atoms with Gasteiger partial charge in [-0.1, -0.05) is 90.1 Å². The van der Waals surface area contributed by atoms with E-state index in [9.17, 15) is 5.11 Å². The topological polar surface area (TPSA) is 49.2 Å². The van der Waals surface area contributed by atoms with Crippen molar-refractivity contribution in [3.05, 3.63) is 114 Å². The molecule has 0 spiro atoms. The van der Waals surface area contributed by atoms with Gasteiger partial charge in [-0.2, -0.15) is 0 Å². The lowest BCUT2D eigenvalue weighted by atomic mass is 9.79. The summed E-state index contributed by atoms with van der Waals surface area (Å²) in [6.07, 6.45) is 1.83. The number of rotatable bonds is 5. The van der Waals surface area contributed by atoms with Crippen LogP contribution in [0.15, 0.2) is 103 Å². The van der Waals surface area contributed by atoms with Gasteiger partial charge in [-0.15, -0.1) is 0 Å². The van der Waals surface area contributed by atoms with Crippen LogP contribution in [0.3, 0.4) is 0 Å². The molecule has 0 bridgehead atoms. The maximum absolute atomic E-state index is 10.9. The number of nitrogens with zero attached hydrogens (tertiary/aromatic N) is 3. The Morgan fingerprint density at radius 1 is 0.568 bits per heavy atom. The molecular weight excluding hydrogens is 538 g/mol. The number of phenols is 1. The SMILES string of the molecule is CC(C)(C)c1cc(-c2cc(-c3cccc(N(c4ccccn4)C(C)(C)C)c3)nc(-c3ccccc3O)c2)cc(C(C)(C)C)c1. The van der Waals surface area contributed by atoms with Crippen LogP contribution in [-0.2, 0) is 10.8 Å². The molecule has 0 amide bonds. The molecule has 0 saturated heterocycles. The maximum atomic E-state index is 10.9. The molecule has 0 saturated carbocycles. The molecule has 2 heterocycles. The van der Waals surface area contributed by atoms with Crippen molar-refractivity contribution in [2.45, 2.75) is 78.7 Å². The summed E-state index contributed by atoms with van der Waals surface area (Å²) in [5, 5.41) is 10.9. The Hall–Kier alpha value is -4.44. The zero-order valence-corrected chi connectivity index (χ0v) is 27.6. The largest absolute Gasteiger partial charge is 0.507 e. The van der Waals surface area contributed by atoms with Crippen molar-refractivity contribution in [2.75, 3.05) is 4.90 Å². The molecule has 0 aliphatic carbocycles. The maximum Gasteiger partial charge on any atom is 0.133 e. The molecule has 5 rings (SSSR count). The van der Waals surface area contributed by atoms with E-state index >= 15 is 0 Å². The lowest BCUT2D eigenvalue weighted by molar-refractivity contribution is 0.477. The Bertz CT molecular complexity index is 1740. The Balaban J connectivity index is 1.74. The van der Waals surface area contributed by atoms with Crippen LogP contribution >= 0.6 is 0 Å². The van der Waals surface area contributed by atoms with Gasteiger partial charge in [0.15, 0.2) is 0 Å². The van der Waals surface area contributed by atoms with Crippen molar-refractivity contribution < 1.29 is 5.11 Å². The van der Waals surface area contributed by atoms with Gasteiger partial charge in [0, 0.05) is 28.6 Å². The molecule has 0 radical (unpaired) electrons. The van der Waals surface area contributed by atoms with Crippen molar-refractivity contribution >= 4 is 11.5 Å². The normalized spacial score (nSPS) is 12.3. The molecular formula is C40H45N3O. The van der Waals surface area contributed by atoms with Crippen molar-refractivity contribution in [3.63, 3.8) is 0 Å². The minimum atomic E-state index is -0.208. The van der Waals surface area contributed by atoms with E-state index in [2.05, 4.69) is 127 Å². The van der Waals surface area contributed by atoms with E-state index in [1.54, 1.807) is 6.07 Å². The molecule has 0 atom stereocenters. The van der Waals surface area contributed by atoms with Crippen LogP contribution in [-0.4, -0.2) is 20.6 Å². The van der Waals surface area contributed by atoms with Gasteiger partial charge in [-0.25, -0.2) is 9.97 Å². The van der Waals surface area contributed by atoms with E-state index in [4.69, 9.17) is 4.98 Å². The number of anilines is 2. The zero-order chi connectivity index (χ0) is 31.9. The van der Waals surface area contributed by atoms with Crippen LogP contribution in [0.1, 0.15) is 73.4 Å². The molecule has 4 nitrogen and oxygen atoms in total. The van der Waals surface area contributed by atoms with Gasteiger partial charge in [-0.3, -0.25) is 0 Å². The average Bonchev–Trinajstić information content (AvgIpc) is 2.96. The van der Waals surface area contributed by atoms with Crippen LogP contribution in [0.5, 0.6) is 5.75 Å². The molecule has 0 aliphatic rings. The first-order valence-electron chi connectivity index (χ1n) is 15.4. The fourth-order valence-corrected chi connectivity index (χ4v) is 5.49. The highest BCUT2D eigenvalue weighted by Gasteiger charge is 2.25. The quantitative estimate of drug-likeness (QED) is 0.224. The summed E-state index contributed by atoms with van der Waals surface area (Å²) in [4.78, 5) is 12.1. The van der Waals surface area contributed by atoms with E-state index in [-0.39, 0.29) is 22.1 Å². The van der Waals surface area contributed by atoms with Gasteiger partial charge in [0.1, 0.15) is 11.6 Å². The van der Waals surface area contributed by atoms with Gasteiger partial charge < -0.3 is 10.0 Å². The van der Waals surface area contributed by atoms with Crippen LogP contribution in [0.2, 0.25) is 0 Å². The lowest BCUT2D eigenvalue weighted by Crippen LogP contribution is -2.38. The zero-order valence-electron chi connectivity index (χ0n) is 27.6. The van der Waals surface area contributed by atoms with Crippen molar-refractivity contribution in [1.29, 1.82) is 0 Å². The second kappa shape index (κ2) is 11.6. The van der Waals surface area contributed by atoms with Crippen LogP contribution in [0, 0.1) is 0 Å². The molecule has 4 heteroatoms. The van der Waals surface area contributed by atoms with Gasteiger partial charge >= 0.3 is 0 Å². The number of aromatic hydroxyl groups is 1. The number of aromatic nitrogens is 2. The summed E-state index contributed by atoms with van der Waals surface area (Å²) in [6.45, 7) is 20.2. The monoisotopic (exact) mass is 583 g/mol. The molecule has 0 unspecified atom stereocenters. The average molecular weight is 584 g/mol. The minimum Gasteiger partial charge on any atom is -0.507 e.